The van der Waals surface area contributed by atoms with Gasteiger partial charge in [0.15, 0.2) is 0 Å². The molecule has 0 unspecified atom stereocenters. The molecule has 7 heteroatoms. The molecule has 24 heavy (non-hydrogen) atoms. The Balaban J connectivity index is 2.23. The topological polar surface area (TPSA) is 96.5 Å². The lowest BCUT2D eigenvalue weighted by Crippen LogP contribution is -2.16. The van der Waals surface area contributed by atoms with Crippen LogP contribution in [0.15, 0.2) is 42.5 Å². The quantitative estimate of drug-likeness (QED) is 0.476. The molecule has 0 N–H and O–H groups in total. The summed E-state index contributed by atoms with van der Waals surface area (Å²) in [6.45, 7) is -0.0239. The third-order valence-corrected chi connectivity index (χ3v) is 3.32. The van der Waals surface area contributed by atoms with Crippen LogP contribution in [-0.2, 0) is 11.3 Å². The first-order valence-corrected chi connectivity index (χ1v) is 7.04. The SMILES string of the molecule is CN(C)c1ccc([N+](=O)[O-])cc1C(=O)OCc1cccc(C#N)c1. The van der Waals surface area contributed by atoms with Crippen molar-refractivity contribution in [3.63, 3.8) is 0 Å². The van der Waals surface area contributed by atoms with Gasteiger partial charge in [-0.2, -0.15) is 5.26 Å². The van der Waals surface area contributed by atoms with Crippen LogP contribution in [-0.4, -0.2) is 25.0 Å². The van der Waals surface area contributed by atoms with Gasteiger partial charge < -0.3 is 9.64 Å². The van der Waals surface area contributed by atoms with Crippen molar-refractivity contribution < 1.29 is 14.5 Å². The van der Waals surface area contributed by atoms with Gasteiger partial charge in [0.2, 0.25) is 0 Å². The molecule has 2 rings (SSSR count). The predicted octanol–water partition coefficient (Wildman–Crippen LogP) is 2.89. The average molecular weight is 325 g/mol. The number of hydrogen-bond donors (Lipinski definition) is 0. The number of carbonyl (C=O) groups is 1. The van der Waals surface area contributed by atoms with Crippen LogP contribution in [0.3, 0.4) is 0 Å². The van der Waals surface area contributed by atoms with Crippen molar-refractivity contribution >= 4 is 17.3 Å². The van der Waals surface area contributed by atoms with Crippen molar-refractivity contribution in [2.24, 2.45) is 0 Å². The smallest absolute Gasteiger partial charge is 0.340 e. The van der Waals surface area contributed by atoms with Gasteiger partial charge in [0.25, 0.3) is 5.69 Å². The first-order valence-electron chi connectivity index (χ1n) is 7.04. The molecular formula is C17H15N3O4. The van der Waals surface area contributed by atoms with Crippen LogP contribution in [0.5, 0.6) is 0 Å². The van der Waals surface area contributed by atoms with Gasteiger partial charge in [-0.15, -0.1) is 0 Å². The monoisotopic (exact) mass is 325 g/mol. The summed E-state index contributed by atoms with van der Waals surface area (Å²) in [6.07, 6.45) is 0. The zero-order valence-corrected chi connectivity index (χ0v) is 13.2. The highest BCUT2D eigenvalue weighted by atomic mass is 16.6. The van der Waals surface area contributed by atoms with Crippen LogP contribution in [0.25, 0.3) is 0 Å². The van der Waals surface area contributed by atoms with E-state index in [2.05, 4.69) is 0 Å². The van der Waals surface area contributed by atoms with Gasteiger partial charge in [-0.1, -0.05) is 12.1 Å². The minimum atomic E-state index is -0.662. The number of nitriles is 1. The lowest BCUT2D eigenvalue weighted by Gasteiger charge is -2.16. The third-order valence-electron chi connectivity index (χ3n) is 3.32. The first-order chi connectivity index (χ1) is 11.4. The van der Waals surface area contributed by atoms with Crippen LogP contribution in [0.1, 0.15) is 21.5 Å². The molecule has 0 heterocycles. The van der Waals surface area contributed by atoms with Gasteiger partial charge in [0.1, 0.15) is 6.61 Å². The maximum atomic E-state index is 12.3. The van der Waals surface area contributed by atoms with E-state index in [4.69, 9.17) is 10.00 Å². The number of benzene rings is 2. The molecule has 0 aliphatic heterocycles. The summed E-state index contributed by atoms with van der Waals surface area (Å²) >= 11 is 0. The van der Waals surface area contributed by atoms with E-state index in [1.807, 2.05) is 6.07 Å². The van der Waals surface area contributed by atoms with Gasteiger partial charge in [-0.25, -0.2) is 4.79 Å². The maximum absolute atomic E-state index is 12.3. The summed E-state index contributed by atoms with van der Waals surface area (Å²) in [6, 6.07) is 12.7. The molecule has 2 aromatic carbocycles. The largest absolute Gasteiger partial charge is 0.457 e. The van der Waals surface area contributed by atoms with Crippen LogP contribution in [0.2, 0.25) is 0 Å². The second kappa shape index (κ2) is 7.24. The highest BCUT2D eigenvalue weighted by Gasteiger charge is 2.19. The molecule has 0 bridgehead atoms. The average Bonchev–Trinajstić information content (AvgIpc) is 2.59. The van der Waals surface area contributed by atoms with Crippen LogP contribution >= 0.6 is 0 Å². The fourth-order valence-electron chi connectivity index (χ4n) is 2.15. The number of nitro benzene ring substituents is 1. The minimum Gasteiger partial charge on any atom is -0.457 e. The Bertz CT molecular complexity index is 825. The lowest BCUT2D eigenvalue weighted by atomic mass is 10.1. The Morgan fingerprint density at radius 1 is 1.29 bits per heavy atom. The van der Waals surface area contributed by atoms with E-state index in [9.17, 15) is 14.9 Å². The van der Waals surface area contributed by atoms with Gasteiger partial charge in [-0.05, 0) is 23.8 Å². The molecule has 0 saturated heterocycles. The minimum absolute atomic E-state index is 0.0239. The van der Waals surface area contributed by atoms with Crippen LogP contribution in [0, 0.1) is 21.4 Å². The normalized spacial score (nSPS) is 9.88. The van der Waals surface area contributed by atoms with E-state index in [1.54, 1.807) is 43.3 Å². The molecule has 0 aromatic heterocycles. The Morgan fingerprint density at radius 3 is 2.67 bits per heavy atom. The first kappa shape index (κ1) is 17.0. The van der Waals surface area contributed by atoms with E-state index in [0.717, 1.165) is 0 Å². The predicted molar refractivity (Wildman–Crippen MR) is 87.7 cm³/mol. The number of rotatable bonds is 5. The molecule has 0 aliphatic carbocycles. The van der Waals surface area contributed by atoms with Gasteiger partial charge in [0, 0.05) is 26.2 Å². The van der Waals surface area contributed by atoms with E-state index < -0.39 is 10.9 Å². The Labute approximate surface area is 138 Å². The lowest BCUT2D eigenvalue weighted by molar-refractivity contribution is -0.384. The van der Waals surface area contributed by atoms with E-state index in [0.29, 0.717) is 16.8 Å². The summed E-state index contributed by atoms with van der Waals surface area (Å²) in [5.74, 6) is -0.662. The molecule has 122 valence electrons. The number of esters is 1. The Kier molecular flexibility index (Phi) is 5.12. The number of anilines is 1. The van der Waals surface area contributed by atoms with Crippen LogP contribution < -0.4 is 4.90 Å². The number of nitro groups is 1. The molecule has 0 fully saturated rings. The van der Waals surface area contributed by atoms with Gasteiger partial charge in [0.05, 0.1) is 27.8 Å². The molecule has 0 amide bonds. The number of non-ortho nitro benzene ring substituents is 1. The van der Waals surface area contributed by atoms with E-state index in [1.165, 1.54) is 18.2 Å². The number of hydrogen-bond acceptors (Lipinski definition) is 6. The summed E-state index contributed by atoms with van der Waals surface area (Å²) in [4.78, 5) is 24.4. The van der Waals surface area contributed by atoms with Gasteiger partial charge in [-0.3, -0.25) is 10.1 Å². The van der Waals surface area contributed by atoms with E-state index in [-0.39, 0.29) is 17.9 Å². The summed E-state index contributed by atoms with van der Waals surface area (Å²) in [5, 5.41) is 19.8. The Hall–Kier alpha value is -3.40. The molecule has 0 radical (unpaired) electrons. The van der Waals surface area contributed by atoms with Crippen molar-refractivity contribution in [3.05, 3.63) is 69.3 Å². The molecule has 7 nitrogen and oxygen atoms in total. The maximum Gasteiger partial charge on any atom is 0.340 e. The molecule has 0 saturated carbocycles. The third kappa shape index (κ3) is 3.87. The Morgan fingerprint density at radius 2 is 2.04 bits per heavy atom. The van der Waals surface area contributed by atoms with Crippen molar-refractivity contribution in [1.29, 1.82) is 5.26 Å². The summed E-state index contributed by atoms with van der Waals surface area (Å²) in [7, 11) is 3.46. The molecular weight excluding hydrogens is 310 g/mol. The van der Waals surface area contributed by atoms with Crippen molar-refractivity contribution in [3.8, 4) is 6.07 Å². The van der Waals surface area contributed by atoms with Crippen LogP contribution in [0.4, 0.5) is 11.4 Å². The van der Waals surface area contributed by atoms with Crippen molar-refractivity contribution in [1.82, 2.24) is 0 Å². The summed E-state index contributed by atoms with van der Waals surface area (Å²) in [5.41, 5.74) is 1.59. The fraction of sp³-hybridized carbons (Fsp3) is 0.176. The summed E-state index contributed by atoms with van der Waals surface area (Å²) < 4.78 is 5.24. The molecule has 0 aliphatic rings. The number of nitrogens with zero attached hydrogens (tertiary/aromatic N) is 3. The highest BCUT2D eigenvalue weighted by Crippen LogP contribution is 2.25. The standard InChI is InChI=1S/C17H15N3O4/c1-19(2)16-7-6-14(20(22)23)9-15(16)17(21)24-11-13-5-3-4-12(8-13)10-18/h3-9H,11H2,1-2H3. The number of carbonyl (C=O) groups excluding carboxylic acids is 1. The fourth-order valence-corrected chi connectivity index (χ4v) is 2.15. The van der Waals surface area contributed by atoms with Crippen molar-refractivity contribution in [2.45, 2.75) is 6.61 Å². The second-order valence-electron chi connectivity index (χ2n) is 5.24. The highest BCUT2D eigenvalue weighted by molar-refractivity contribution is 5.96. The zero-order chi connectivity index (χ0) is 17.7. The molecule has 0 spiro atoms. The second-order valence-corrected chi connectivity index (χ2v) is 5.24. The zero-order valence-electron chi connectivity index (χ0n) is 13.2. The molecule has 0 atom stereocenters. The molecule has 2 aromatic rings. The van der Waals surface area contributed by atoms with Crippen molar-refractivity contribution in [2.75, 3.05) is 19.0 Å². The van der Waals surface area contributed by atoms with E-state index >= 15 is 0 Å². The van der Waals surface area contributed by atoms with Gasteiger partial charge >= 0.3 is 5.97 Å². The number of ether oxygens (including phenoxy) is 1.